The van der Waals surface area contributed by atoms with Gasteiger partial charge >= 0.3 is 0 Å². The SMILES string of the molecule is CCn1cc(S(=O)(=O)Nc2ccncc2Br)cc1CO. The molecule has 2 aromatic rings. The fraction of sp³-hybridized carbons (Fsp3) is 0.250. The second-order valence-corrected chi connectivity index (χ2v) is 6.61. The smallest absolute Gasteiger partial charge is 0.263 e. The van der Waals surface area contributed by atoms with Crippen molar-refractivity contribution >= 4 is 31.6 Å². The molecule has 0 saturated carbocycles. The average Bonchev–Trinajstić information content (AvgIpc) is 2.85. The van der Waals surface area contributed by atoms with Gasteiger partial charge < -0.3 is 9.67 Å². The van der Waals surface area contributed by atoms with Gasteiger partial charge in [0.15, 0.2) is 0 Å². The molecule has 2 heterocycles. The number of aliphatic hydroxyl groups is 1. The lowest BCUT2D eigenvalue weighted by molar-refractivity contribution is 0.271. The number of halogens is 1. The lowest BCUT2D eigenvalue weighted by Crippen LogP contribution is -2.12. The highest BCUT2D eigenvalue weighted by atomic mass is 79.9. The van der Waals surface area contributed by atoms with Gasteiger partial charge in [0, 0.05) is 30.8 Å². The minimum absolute atomic E-state index is 0.118. The van der Waals surface area contributed by atoms with E-state index in [0.29, 0.717) is 22.4 Å². The Kier molecular flexibility index (Phi) is 4.46. The van der Waals surface area contributed by atoms with Crippen molar-refractivity contribution < 1.29 is 13.5 Å². The average molecular weight is 360 g/mol. The molecule has 0 fully saturated rings. The van der Waals surface area contributed by atoms with Crippen LogP contribution in [0.15, 0.2) is 40.1 Å². The summed E-state index contributed by atoms with van der Waals surface area (Å²) >= 11 is 3.23. The number of aromatic nitrogens is 2. The van der Waals surface area contributed by atoms with E-state index >= 15 is 0 Å². The highest BCUT2D eigenvalue weighted by Crippen LogP contribution is 2.24. The Balaban J connectivity index is 2.36. The zero-order chi connectivity index (χ0) is 14.8. The number of sulfonamides is 1. The molecule has 0 aliphatic carbocycles. The van der Waals surface area contributed by atoms with Crippen LogP contribution in [0.3, 0.4) is 0 Å². The highest BCUT2D eigenvalue weighted by molar-refractivity contribution is 9.10. The van der Waals surface area contributed by atoms with Crippen molar-refractivity contribution in [2.45, 2.75) is 25.0 Å². The second-order valence-electron chi connectivity index (χ2n) is 4.07. The summed E-state index contributed by atoms with van der Waals surface area (Å²) in [6.45, 7) is 2.26. The molecule has 0 radical (unpaired) electrons. The number of pyridine rings is 1. The maximum absolute atomic E-state index is 12.3. The minimum Gasteiger partial charge on any atom is -0.390 e. The van der Waals surface area contributed by atoms with Gasteiger partial charge in [-0.05, 0) is 35.0 Å². The fourth-order valence-electron chi connectivity index (χ4n) is 1.76. The Bertz CT molecular complexity index is 691. The van der Waals surface area contributed by atoms with Gasteiger partial charge in [-0.15, -0.1) is 0 Å². The molecule has 2 aromatic heterocycles. The van der Waals surface area contributed by atoms with Crippen molar-refractivity contribution in [3.05, 3.63) is 40.9 Å². The van der Waals surface area contributed by atoms with E-state index in [-0.39, 0.29) is 11.5 Å². The summed E-state index contributed by atoms with van der Waals surface area (Å²) in [6.07, 6.45) is 4.51. The molecule has 0 spiro atoms. The summed E-state index contributed by atoms with van der Waals surface area (Å²) in [4.78, 5) is 3.99. The first-order valence-electron chi connectivity index (χ1n) is 5.90. The predicted octanol–water partition coefficient (Wildman–Crippen LogP) is 1.96. The Hall–Kier alpha value is -1.38. The van der Waals surface area contributed by atoms with Crippen molar-refractivity contribution in [3.8, 4) is 0 Å². The van der Waals surface area contributed by atoms with E-state index in [0.717, 1.165) is 0 Å². The number of anilines is 1. The Morgan fingerprint density at radius 3 is 2.80 bits per heavy atom. The number of nitrogens with zero attached hydrogens (tertiary/aromatic N) is 2. The molecule has 0 unspecified atom stereocenters. The molecule has 2 N–H and O–H groups in total. The van der Waals surface area contributed by atoms with Crippen LogP contribution in [0.4, 0.5) is 5.69 Å². The van der Waals surface area contributed by atoms with Gasteiger partial charge in [-0.1, -0.05) is 0 Å². The molecule has 0 aliphatic heterocycles. The van der Waals surface area contributed by atoms with E-state index in [2.05, 4.69) is 25.6 Å². The van der Waals surface area contributed by atoms with Gasteiger partial charge in [0.05, 0.1) is 16.8 Å². The van der Waals surface area contributed by atoms with Crippen LogP contribution in [-0.4, -0.2) is 23.1 Å². The summed E-state index contributed by atoms with van der Waals surface area (Å²) in [5, 5.41) is 9.21. The third-order valence-corrected chi connectivity index (χ3v) is 4.76. The van der Waals surface area contributed by atoms with Crippen molar-refractivity contribution in [3.63, 3.8) is 0 Å². The van der Waals surface area contributed by atoms with E-state index in [1.54, 1.807) is 10.6 Å². The van der Waals surface area contributed by atoms with E-state index in [4.69, 9.17) is 0 Å². The van der Waals surface area contributed by atoms with Crippen LogP contribution in [-0.2, 0) is 23.2 Å². The predicted molar refractivity (Wildman–Crippen MR) is 78.8 cm³/mol. The number of aliphatic hydroxyl groups excluding tert-OH is 1. The van der Waals surface area contributed by atoms with Gasteiger partial charge in [0.1, 0.15) is 4.90 Å². The second kappa shape index (κ2) is 5.94. The summed E-state index contributed by atoms with van der Waals surface area (Å²) < 4.78 is 29.3. The molecule has 0 bridgehead atoms. The molecule has 0 amide bonds. The number of rotatable bonds is 5. The lowest BCUT2D eigenvalue weighted by atomic mass is 10.4. The first kappa shape index (κ1) is 15.0. The molecule has 0 atom stereocenters. The van der Waals surface area contributed by atoms with Crippen molar-refractivity contribution in [1.82, 2.24) is 9.55 Å². The molecule has 0 saturated heterocycles. The lowest BCUT2D eigenvalue weighted by Gasteiger charge is -2.07. The zero-order valence-corrected chi connectivity index (χ0v) is 13.1. The topological polar surface area (TPSA) is 84.2 Å². The fourth-order valence-corrected chi connectivity index (χ4v) is 3.38. The zero-order valence-electron chi connectivity index (χ0n) is 10.7. The Morgan fingerprint density at radius 1 is 1.50 bits per heavy atom. The maximum atomic E-state index is 12.3. The third kappa shape index (κ3) is 3.02. The van der Waals surface area contributed by atoms with Crippen molar-refractivity contribution in [2.75, 3.05) is 4.72 Å². The molecule has 6 nitrogen and oxygen atoms in total. The van der Waals surface area contributed by atoms with E-state index < -0.39 is 10.0 Å². The summed E-state index contributed by atoms with van der Waals surface area (Å²) in [5.41, 5.74) is 0.969. The van der Waals surface area contributed by atoms with E-state index in [9.17, 15) is 13.5 Å². The molecule has 2 rings (SSSR count). The molecule has 0 aromatic carbocycles. The quantitative estimate of drug-likeness (QED) is 0.854. The number of nitrogens with one attached hydrogen (secondary N) is 1. The van der Waals surface area contributed by atoms with Gasteiger partial charge in [0.2, 0.25) is 0 Å². The van der Waals surface area contributed by atoms with Crippen molar-refractivity contribution in [2.24, 2.45) is 0 Å². The van der Waals surface area contributed by atoms with E-state index in [1.165, 1.54) is 24.7 Å². The number of hydrogen-bond acceptors (Lipinski definition) is 4. The minimum atomic E-state index is -3.70. The van der Waals surface area contributed by atoms with Gasteiger partial charge in [-0.25, -0.2) is 8.42 Å². The number of hydrogen-bond donors (Lipinski definition) is 2. The summed E-state index contributed by atoms with van der Waals surface area (Å²) in [7, 11) is -3.70. The monoisotopic (exact) mass is 359 g/mol. The Morgan fingerprint density at radius 2 is 2.25 bits per heavy atom. The van der Waals surface area contributed by atoms with Crippen LogP contribution < -0.4 is 4.72 Å². The summed E-state index contributed by atoms with van der Waals surface area (Å²) in [5.74, 6) is 0. The van der Waals surface area contributed by atoms with Gasteiger partial charge in [-0.2, -0.15) is 0 Å². The Labute approximate surface area is 125 Å². The molecule has 108 valence electrons. The summed E-state index contributed by atoms with van der Waals surface area (Å²) in [6, 6.07) is 3.02. The number of aryl methyl sites for hydroxylation is 1. The molecule has 20 heavy (non-hydrogen) atoms. The largest absolute Gasteiger partial charge is 0.390 e. The third-order valence-electron chi connectivity index (χ3n) is 2.79. The maximum Gasteiger partial charge on any atom is 0.263 e. The molecular weight excluding hydrogens is 346 g/mol. The van der Waals surface area contributed by atoms with Gasteiger partial charge in [0.25, 0.3) is 10.0 Å². The normalized spacial score (nSPS) is 11.6. The molecule has 8 heteroatoms. The molecule has 0 aliphatic rings. The molecular formula is C12H14BrN3O3S. The van der Waals surface area contributed by atoms with Crippen LogP contribution in [0.2, 0.25) is 0 Å². The van der Waals surface area contributed by atoms with E-state index in [1.807, 2.05) is 6.92 Å². The highest BCUT2D eigenvalue weighted by Gasteiger charge is 2.19. The first-order chi connectivity index (χ1) is 9.47. The van der Waals surface area contributed by atoms with Crippen LogP contribution in [0.25, 0.3) is 0 Å². The first-order valence-corrected chi connectivity index (χ1v) is 8.17. The van der Waals surface area contributed by atoms with Gasteiger partial charge in [-0.3, -0.25) is 9.71 Å². The standard InChI is InChI=1S/C12H14BrN3O3S/c1-2-16-7-10(5-9(16)8-17)20(18,19)15-12-3-4-14-6-11(12)13/h3-7,17H,2,8H2,1H3,(H,14,15). The van der Waals surface area contributed by atoms with Crippen LogP contribution >= 0.6 is 15.9 Å². The van der Waals surface area contributed by atoms with Crippen LogP contribution in [0, 0.1) is 0 Å². The van der Waals surface area contributed by atoms with Crippen LogP contribution in [0.1, 0.15) is 12.6 Å². The van der Waals surface area contributed by atoms with Crippen LogP contribution in [0.5, 0.6) is 0 Å². The van der Waals surface area contributed by atoms with Crippen molar-refractivity contribution in [1.29, 1.82) is 0 Å².